The van der Waals surface area contributed by atoms with Gasteiger partial charge in [-0.05, 0) is 41.8 Å². The van der Waals surface area contributed by atoms with Crippen molar-refractivity contribution in [1.29, 1.82) is 0 Å². The minimum absolute atomic E-state index is 0.0600. The highest BCUT2D eigenvalue weighted by Gasteiger charge is 2.17. The largest absolute Gasteiger partial charge is 0.468 e. The van der Waals surface area contributed by atoms with Crippen LogP contribution in [0.5, 0.6) is 0 Å². The molecule has 2 aromatic carbocycles. The van der Waals surface area contributed by atoms with Crippen molar-refractivity contribution < 1.29 is 18.3 Å². The fourth-order valence-electron chi connectivity index (χ4n) is 4.04. The molecule has 0 amide bonds. The number of hydrogen-bond acceptors (Lipinski definition) is 3. The van der Waals surface area contributed by atoms with Crippen LogP contribution < -0.4 is 5.56 Å². The van der Waals surface area contributed by atoms with E-state index in [4.69, 9.17) is 4.74 Å². The molecule has 32 heavy (non-hydrogen) atoms. The van der Waals surface area contributed by atoms with Gasteiger partial charge in [-0.25, -0.2) is 8.78 Å². The zero-order chi connectivity index (χ0) is 22.8. The van der Waals surface area contributed by atoms with Crippen molar-refractivity contribution in [3.8, 4) is 0 Å². The third kappa shape index (κ3) is 4.32. The maximum atomic E-state index is 13.5. The predicted octanol–water partition coefficient (Wildman–Crippen LogP) is 4.20. The number of halogens is 2. The van der Waals surface area contributed by atoms with Crippen molar-refractivity contribution >= 4 is 16.9 Å². The molecule has 0 radical (unpaired) electrons. The predicted molar refractivity (Wildman–Crippen MR) is 118 cm³/mol. The number of rotatable bonds is 6. The van der Waals surface area contributed by atoms with E-state index in [1.165, 1.54) is 29.9 Å². The van der Waals surface area contributed by atoms with Gasteiger partial charge in [0.25, 0.3) is 5.56 Å². The highest BCUT2D eigenvalue weighted by atomic mass is 19.1. The molecule has 2 aromatic heterocycles. The van der Waals surface area contributed by atoms with Crippen molar-refractivity contribution in [2.45, 2.75) is 26.4 Å². The van der Waals surface area contributed by atoms with E-state index in [1.807, 2.05) is 35.8 Å². The van der Waals surface area contributed by atoms with Crippen LogP contribution in [0.1, 0.15) is 22.4 Å². The second-order valence-electron chi connectivity index (χ2n) is 7.70. The van der Waals surface area contributed by atoms with Crippen LogP contribution in [0.3, 0.4) is 0 Å². The van der Waals surface area contributed by atoms with Crippen LogP contribution in [0.4, 0.5) is 8.78 Å². The number of pyridine rings is 1. The monoisotopic (exact) mass is 436 g/mol. The first-order valence-electron chi connectivity index (χ1n) is 10.1. The molecule has 0 saturated carbocycles. The molecule has 0 spiro atoms. The van der Waals surface area contributed by atoms with Crippen molar-refractivity contribution in [2.24, 2.45) is 0 Å². The van der Waals surface area contributed by atoms with Crippen LogP contribution in [0.25, 0.3) is 10.9 Å². The standard InChI is InChI=1S/C25H22F2N2O3/c1-16-22(21-5-3-4-6-23(21)29(16)15-25(31)32-2)11-17-7-8-24(30)28(13-17)14-18-9-19(26)12-20(27)10-18/h3-10,12-13H,11,14-15H2,1-2H3. The molecule has 0 fully saturated rings. The summed E-state index contributed by atoms with van der Waals surface area (Å²) in [4.78, 5) is 24.3. The topological polar surface area (TPSA) is 53.2 Å². The van der Waals surface area contributed by atoms with Crippen LogP contribution in [0.15, 0.2) is 65.6 Å². The summed E-state index contributed by atoms with van der Waals surface area (Å²) in [6.07, 6.45) is 2.23. The Balaban J connectivity index is 1.70. The van der Waals surface area contributed by atoms with E-state index in [1.54, 1.807) is 12.3 Å². The quantitative estimate of drug-likeness (QED) is 0.426. The smallest absolute Gasteiger partial charge is 0.325 e. The van der Waals surface area contributed by atoms with Gasteiger partial charge in [0, 0.05) is 41.3 Å². The summed E-state index contributed by atoms with van der Waals surface area (Å²) >= 11 is 0. The van der Waals surface area contributed by atoms with Crippen molar-refractivity contribution in [2.75, 3.05) is 7.11 Å². The van der Waals surface area contributed by atoms with Gasteiger partial charge >= 0.3 is 5.97 Å². The fraction of sp³-hybridized carbons (Fsp3) is 0.200. The Kier molecular flexibility index (Phi) is 5.90. The number of benzene rings is 2. The molecule has 0 aliphatic rings. The first kappa shape index (κ1) is 21.5. The van der Waals surface area contributed by atoms with E-state index in [-0.39, 0.29) is 24.6 Å². The Labute approximate surface area is 183 Å². The molecule has 164 valence electrons. The summed E-state index contributed by atoms with van der Waals surface area (Å²) in [6, 6.07) is 14.2. The van der Waals surface area contributed by atoms with Crippen LogP contribution in [0, 0.1) is 18.6 Å². The van der Waals surface area contributed by atoms with E-state index >= 15 is 0 Å². The van der Waals surface area contributed by atoms with Crippen LogP contribution >= 0.6 is 0 Å². The SMILES string of the molecule is COC(=O)Cn1c(C)c(Cc2ccc(=O)n(Cc3cc(F)cc(F)c3)c2)c2ccccc21. The van der Waals surface area contributed by atoms with E-state index in [9.17, 15) is 18.4 Å². The number of nitrogens with zero attached hydrogens (tertiary/aromatic N) is 2. The minimum atomic E-state index is -0.682. The Morgan fingerprint density at radius 2 is 1.72 bits per heavy atom. The lowest BCUT2D eigenvalue weighted by Crippen LogP contribution is -2.20. The number of fused-ring (bicyclic) bond motifs is 1. The van der Waals surface area contributed by atoms with Crippen molar-refractivity contribution in [3.63, 3.8) is 0 Å². The molecule has 4 rings (SSSR count). The molecule has 0 N–H and O–H groups in total. The minimum Gasteiger partial charge on any atom is -0.468 e. The van der Waals surface area contributed by atoms with Gasteiger partial charge in [-0.2, -0.15) is 0 Å². The molecule has 7 heteroatoms. The molecule has 0 unspecified atom stereocenters. The summed E-state index contributed by atoms with van der Waals surface area (Å²) in [5.41, 5.74) is 3.86. The summed E-state index contributed by atoms with van der Waals surface area (Å²) in [7, 11) is 1.36. The molecule has 4 aromatic rings. The molecule has 0 atom stereocenters. The van der Waals surface area contributed by atoms with Crippen LogP contribution in [-0.2, 0) is 29.0 Å². The molecule has 0 bridgehead atoms. The Bertz CT molecular complexity index is 1350. The molecular formula is C25H22F2N2O3. The highest BCUT2D eigenvalue weighted by molar-refractivity contribution is 5.87. The van der Waals surface area contributed by atoms with E-state index in [0.29, 0.717) is 12.0 Å². The highest BCUT2D eigenvalue weighted by Crippen LogP contribution is 2.28. The number of methoxy groups -OCH3 is 1. The summed E-state index contributed by atoms with van der Waals surface area (Å²) in [6.45, 7) is 2.11. The van der Waals surface area contributed by atoms with Crippen LogP contribution in [-0.4, -0.2) is 22.2 Å². The summed E-state index contributed by atoms with van der Waals surface area (Å²) < 4.78 is 35.3. The Morgan fingerprint density at radius 3 is 2.44 bits per heavy atom. The fourth-order valence-corrected chi connectivity index (χ4v) is 4.04. The van der Waals surface area contributed by atoms with Gasteiger partial charge in [0.05, 0.1) is 13.7 Å². The average Bonchev–Trinajstić information content (AvgIpc) is 3.01. The molecule has 0 aliphatic carbocycles. The van der Waals surface area contributed by atoms with E-state index < -0.39 is 11.6 Å². The number of para-hydroxylation sites is 1. The van der Waals surface area contributed by atoms with Gasteiger partial charge in [0.1, 0.15) is 18.2 Å². The van der Waals surface area contributed by atoms with Crippen molar-refractivity contribution in [3.05, 3.63) is 105 Å². The van der Waals surface area contributed by atoms with Crippen molar-refractivity contribution in [1.82, 2.24) is 9.13 Å². The molecular weight excluding hydrogens is 414 g/mol. The van der Waals surface area contributed by atoms with Gasteiger partial charge < -0.3 is 13.9 Å². The lowest BCUT2D eigenvalue weighted by molar-refractivity contribution is -0.141. The average molecular weight is 436 g/mol. The van der Waals surface area contributed by atoms with Gasteiger partial charge in [-0.1, -0.05) is 24.3 Å². The number of carbonyl (C=O) groups excluding carboxylic acids is 1. The normalized spacial score (nSPS) is 11.1. The van der Waals surface area contributed by atoms with Gasteiger partial charge in [-0.15, -0.1) is 0 Å². The Hall–Kier alpha value is -3.74. The number of esters is 1. The molecule has 2 heterocycles. The first-order chi connectivity index (χ1) is 15.4. The summed E-state index contributed by atoms with van der Waals surface area (Å²) in [5, 5.41) is 1.01. The van der Waals surface area contributed by atoms with Gasteiger partial charge in [0.2, 0.25) is 0 Å². The third-order valence-electron chi connectivity index (χ3n) is 5.58. The first-order valence-corrected chi connectivity index (χ1v) is 10.1. The zero-order valence-corrected chi connectivity index (χ0v) is 17.8. The Morgan fingerprint density at radius 1 is 1.00 bits per heavy atom. The lowest BCUT2D eigenvalue weighted by atomic mass is 10.0. The maximum Gasteiger partial charge on any atom is 0.325 e. The number of hydrogen-bond donors (Lipinski definition) is 0. The van der Waals surface area contributed by atoms with Crippen LogP contribution in [0.2, 0.25) is 0 Å². The number of ether oxygens (including phenoxy) is 1. The zero-order valence-electron chi connectivity index (χ0n) is 17.8. The van der Waals surface area contributed by atoms with Gasteiger partial charge in [-0.3, -0.25) is 9.59 Å². The number of carbonyl (C=O) groups is 1. The maximum absolute atomic E-state index is 13.5. The van der Waals surface area contributed by atoms with E-state index in [2.05, 4.69) is 0 Å². The van der Waals surface area contributed by atoms with Gasteiger partial charge in [0.15, 0.2) is 0 Å². The third-order valence-corrected chi connectivity index (χ3v) is 5.58. The molecule has 5 nitrogen and oxygen atoms in total. The molecule has 0 aliphatic heterocycles. The lowest BCUT2D eigenvalue weighted by Gasteiger charge is -2.10. The second-order valence-corrected chi connectivity index (χ2v) is 7.70. The second kappa shape index (κ2) is 8.78. The summed E-state index contributed by atoms with van der Waals surface area (Å²) in [5.74, 6) is -1.70. The molecule has 0 saturated heterocycles. The van der Waals surface area contributed by atoms with E-state index in [0.717, 1.165) is 33.8 Å². The number of aromatic nitrogens is 2.